The van der Waals surface area contributed by atoms with Gasteiger partial charge in [0.1, 0.15) is 5.78 Å². The molecule has 0 saturated heterocycles. The molecule has 1 saturated carbocycles. The van der Waals surface area contributed by atoms with Gasteiger partial charge in [0.15, 0.2) is 0 Å². The molecule has 19 heavy (non-hydrogen) atoms. The van der Waals surface area contributed by atoms with Crippen LogP contribution in [-0.2, 0) is 17.8 Å². The minimum atomic E-state index is 0.237. The Bertz CT molecular complexity index is 590. The van der Waals surface area contributed by atoms with Gasteiger partial charge in [0, 0.05) is 19.2 Å². The SMILES string of the molecule is CC(=O)Cc1cccc2ccn(CC3CCCC3)c12. The van der Waals surface area contributed by atoms with Crippen LogP contribution in [0.25, 0.3) is 10.9 Å². The maximum absolute atomic E-state index is 11.4. The first-order chi connectivity index (χ1) is 9.24. The summed E-state index contributed by atoms with van der Waals surface area (Å²) in [6.07, 6.45) is 8.20. The predicted octanol–water partition coefficient (Wildman–Crippen LogP) is 3.96. The Morgan fingerprint density at radius 2 is 2.05 bits per heavy atom. The monoisotopic (exact) mass is 255 g/mol. The molecule has 0 aliphatic heterocycles. The van der Waals surface area contributed by atoms with Gasteiger partial charge in [-0.25, -0.2) is 0 Å². The first kappa shape index (κ1) is 12.5. The van der Waals surface area contributed by atoms with Crippen molar-refractivity contribution in [3.05, 3.63) is 36.0 Å². The van der Waals surface area contributed by atoms with E-state index < -0.39 is 0 Å². The molecule has 1 aromatic heterocycles. The lowest BCUT2D eigenvalue weighted by molar-refractivity contribution is -0.116. The molecule has 1 fully saturated rings. The average molecular weight is 255 g/mol. The zero-order valence-corrected chi connectivity index (χ0v) is 11.6. The topological polar surface area (TPSA) is 22.0 Å². The molecular weight excluding hydrogens is 234 g/mol. The molecule has 0 spiro atoms. The number of carbonyl (C=O) groups is 1. The van der Waals surface area contributed by atoms with Gasteiger partial charge in [0.2, 0.25) is 0 Å². The Morgan fingerprint density at radius 1 is 1.26 bits per heavy atom. The molecule has 1 aliphatic carbocycles. The summed E-state index contributed by atoms with van der Waals surface area (Å²) in [7, 11) is 0. The van der Waals surface area contributed by atoms with Gasteiger partial charge >= 0.3 is 0 Å². The molecule has 1 aliphatic rings. The number of nitrogens with zero attached hydrogens (tertiary/aromatic N) is 1. The molecule has 0 atom stereocenters. The Hall–Kier alpha value is -1.57. The highest BCUT2D eigenvalue weighted by atomic mass is 16.1. The Morgan fingerprint density at radius 3 is 2.79 bits per heavy atom. The zero-order chi connectivity index (χ0) is 13.2. The van der Waals surface area contributed by atoms with Gasteiger partial charge in [0.05, 0.1) is 5.52 Å². The fraction of sp³-hybridized carbons (Fsp3) is 0.471. The van der Waals surface area contributed by atoms with Crippen LogP contribution in [0.4, 0.5) is 0 Å². The van der Waals surface area contributed by atoms with Crippen molar-refractivity contribution in [1.82, 2.24) is 4.57 Å². The number of para-hydroxylation sites is 1. The number of aromatic nitrogens is 1. The minimum absolute atomic E-state index is 0.237. The van der Waals surface area contributed by atoms with Gasteiger partial charge in [-0.05, 0) is 42.7 Å². The van der Waals surface area contributed by atoms with E-state index in [0.29, 0.717) is 6.42 Å². The Labute approximate surface area is 114 Å². The van der Waals surface area contributed by atoms with E-state index in [2.05, 4.69) is 35.0 Å². The van der Waals surface area contributed by atoms with Crippen LogP contribution in [0.2, 0.25) is 0 Å². The van der Waals surface area contributed by atoms with E-state index in [1.165, 1.54) is 42.1 Å². The number of ketones is 1. The number of rotatable bonds is 4. The lowest BCUT2D eigenvalue weighted by Crippen LogP contribution is -2.08. The van der Waals surface area contributed by atoms with E-state index in [0.717, 1.165) is 12.5 Å². The highest BCUT2D eigenvalue weighted by Crippen LogP contribution is 2.29. The van der Waals surface area contributed by atoms with Crippen LogP contribution in [0.15, 0.2) is 30.5 Å². The van der Waals surface area contributed by atoms with Crippen molar-refractivity contribution in [1.29, 1.82) is 0 Å². The number of carbonyl (C=O) groups excluding carboxylic acids is 1. The van der Waals surface area contributed by atoms with E-state index in [9.17, 15) is 4.79 Å². The summed E-state index contributed by atoms with van der Waals surface area (Å²) in [5, 5.41) is 1.26. The number of Topliss-reactive ketones (excluding diaryl/α,β-unsaturated/α-hetero) is 1. The normalized spacial score (nSPS) is 16.3. The number of benzene rings is 1. The van der Waals surface area contributed by atoms with Gasteiger partial charge in [-0.15, -0.1) is 0 Å². The third-order valence-electron chi connectivity index (χ3n) is 4.24. The Kier molecular flexibility index (Phi) is 3.41. The van der Waals surface area contributed by atoms with Crippen LogP contribution >= 0.6 is 0 Å². The second-order valence-corrected chi connectivity index (χ2v) is 5.85. The zero-order valence-electron chi connectivity index (χ0n) is 11.6. The van der Waals surface area contributed by atoms with Crippen LogP contribution in [0, 0.1) is 5.92 Å². The molecule has 0 radical (unpaired) electrons. The molecule has 1 aromatic carbocycles. The van der Waals surface area contributed by atoms with E-state index in [1.54, 1.807) is 6.92 Å². The fourth-order valence-electron chi connectivity index (χ4n) is 3.37. The van der Waals surface area contributed by atoms with Crippen molar-refractivity contribution >= 4 is 16.7 Å². The first-order valence-corrected chi connectivity index (χ1v) is 7.30. The maximum Gasteiger partial charge on any atom is 0.134 e. The van der Waals surface area contributed by atoms with Crippen LogP contribution < -0.4 is 0 Å². The van der Waals surface area contributed by atoms with E-state index in [-0.39, 0.29) is 5.78 Å². The summed E-state index contributed by atoms with van der Waals surface area (Å²) in [4.78, 5) is 11.4. The van der Waals surface area contributed by atoms with E-state index >= 15 is 0 Å². The minimum Gasteiger partial charge on any atom is -0.347 e. The van der Waals surface area contributed by atoms with E-state index in [4.69, 9.17) is 0 Å². The summed E-state index contributed by atoms with van der Waals surface area (Å²) < 4.78 is 2.36. The molecule has 2 heteroatoms. The highest BCUT2D eigenvalue weighted by Gasteiger charge is 2.17. The van der Waals surface area contributed by atoms with E-state index in [1.807, 2.05) is 0 Å². The first-order valence-electron chi connectivity index (χ1n) is 7.30. The van der Waals surface area contributed by atoms with Crippen LogP contribution in [-0.4, -0.2) is 10.4 Å². The summed E-state index contributed by atoms with van der Waals surface area (Å²) in [6, 6.07) is 8.47. The lowest BCUT2D eigenvalue weighted by Gasteiger charge is -2.13. The molecule has 0 bridgehead atoms. The lowest BCUT2D eigenvalue weighted by atomic mass is 10.1. The molecule has 2 aromatic rings. The highest BCUT2D eigenvalue weighted by molar-refractivity contribution is 5.88. The average Bonchev–Trinajstić information content (AvgIpc) is 3.00. The molecule has 1 heterocycles. The third-order valence-corrected chi connectivity index (χ3v) is 4.24. The molecule has 3 rings (SSSR count). The molecule has 2 nitrogen and oxygen atoms in total. The second-order valence-electron chi connectivity index (χ2n) is 5.85. The summed E-state index contributed by atoms with van der Waals surface area (Å²) in [5.41, 5.74) is 2.44. The smallest absolute Gasteiger partial charge is 0.134 e. The maximum atomic E-state index is 11.4. The second kappa shape index (κ2) is 5.20. The fourth-order valence-corrected chi connectivity index (χ4v) is 3.37. The number of hydrogen-bond acceptors (Lipinski definition) is 1. The van der Waals surface area contributed by atoms with Gasteiger partial charge in [0.25, 0.3) is 0 Å². The quantitative estimate of drug-likeness (QED) is 0.810. The summed E-state index contributed by atoms with van der Waals surface area (Å²) >= 11 is 0. The molecule has 0 amide bonds. The predicted molar refractivity (Wildman–Crippen MR) is 78.3 cm³/mol. The van der Waals surface area contributed by atoms with Gasteiger partial charge in [-0.3, -0.25) is 4.79 Å². The molecule has 0 N–H and O–H groups in total. The Balaban J connectivity index is 1.96. The molecular formula is C17H21NO. The van der Waals surface area contributed by atoms with Gasteiger partial charge in [-0.2, -0.15) is 0 Å². The number of fused-ring (bicyclic) bond motifs is 1. The summed E-state index contributed by atoms with van der Waals surface area (Å²) in [5.74, 6) is 1.06. The molecule has 100 valence electrons. The van der Waals surface area contributed by atoms with Crippen LogP contribution in [0.5, 0.6) is 0 Å². The third kappa shape index (κ3) is 2.58. The summed E-state index contributed by atoms with van der Waals surface area (Å²) in [6.45, 7) is 2.78. The van der Waals surface area contributed by atoms with Crippen molar-refractivity contribution in [3.8, 4) is 0 Å². The standard InChI is InChI=1S/C17H21NO/c1-13(19)11-16-8-4-7-15-9-10-18(17(15)16)12-14-5-2-3-6-14/h4,7-10,14H,2-3,5-6,11-12H2,1H3. The van der Waals surface area contributed by atoms with Crippen LogP contribution in [0.3, 0.4) is 0 Å². The number of hydrogen-bond donors (Lipinski definition) is 0. The van der Waals surface area contributed by atoms with Crippen molar-refractivity contribution in [3.63, 3.8) is 0 Å². The largest absolute Gasteiger partial charge is 0.347 e. The van der Waals surface area contributed by atoms with Gasteiger partial charge < -0.3 is 4.57 Å². The van der Waals surface area contributed by atoms with Gasteiger partial charge in [-0.1, -0.05) is 31.0 Å². The van der Waals surface area contributed by atoms with Crippen molar-refractivity contribution in [2.45, 2.75) is 45.6 Å². The molecule has 0 unspecified atom stereocenters. The van der Waals surface area contributed by atoms with Crippen molar-refractivity contribution in [2.24, 2.45) is 5.92 Å². The van der Waals surface area contributed by atoms with Crippen molar-refractivity contribution in [2.75, 3.05) is 0 Å². The van der Waals surface area contributed by atoms with Crippen LogP contribution in [0.1, 0.15) is 38.2 Å². The van der Waals surface area contributed by atoms with Crippen molar-refractivity contribution < 1.29 is 4.79 Å².